The molecule has 0 aliphatic carbocycles. The van der Waals surface area contributed by atoms with Gasteiger partial charge in [0, 0.05) is 36.6 Å². The molecule has 2 aromatic heterocycles. The molecule has 162 valence electrons. The third-order valence-corrected chi connectivity index (χ3v) is 5.23. The maximum atomic E-state index is 12.8. The van der Waals surface area contributed by atoms with E-state index in [1.807, 2.05) is 11.0 Å². The number of aromatic nitrogens is 3. The van der Waals surface area contributed by atoms with Gasteiger partial charge in [0.05, 0.1) is 23.9 Å². The first kappa shape index (κ1) is 20.9. The summed E-state index contributed by atoms with van der Waals surface area (Å²) in [5.41, 5.74) is 1.42. The summed E-state index contributed by atoms with van der Waals surface area (Å²) >= 11 is 0. The Labute approximate surface area is 177 Å². The second-order valence-corrected chi connectivity index (χ2v) is 7.33. The summed E-state index contributed by atoms with van der Waals surface area (Å²) < 4.78 is 43.9. The highest BCUT2D eigenvalue weighted by Crippen LogP contribution is 2.33. The van der Waals surface area contributed by atoms with E-state index < -0.39 is 11.7 Å². The van der Waals surface area contributed by atoms with Crippen LogP contribution in [0.4, 0.5) is 13.2 Å². The molecule has 1 fully saturated rings. The lowest BCUT2D eigenvalue weighted by Crippen LogP contribution is -2.30. The molecule has 3 aromatic rings. The van der Waals surface area contributed by atoms with Gasteiger partial charge in [-0.3, -0.25) is 14.9 Å². The monoisotopic (exact) mass is 430 g/mol. The molecule has 1 amide bonds. The molecule has 9 heteroatoms. The zero-order chi connectivity index (χ0) is 21.8. The molecule has 31 heavy (non-hydrogen) atoms. The minimum atomic E-state index is -4.40. The molecule has 0 radical (unpaired) electrons. The van der Waals surface area contributed by atoms with Crippen molar-refractivity contribution in [2.45, 2.75) is 31.5 Å². The fraction of sp³-hybridized carbons (Fsp3) is 0.318. The normalized spacial score (nSPS) is 16.5. The van der Waals surface area contributed by atoms with Crippen LogP contribution in [0, 0.1) is 0 Å². The molecule has 1 N–H and O–H groups in total. The summed E-state index contributed by atoms with van der Waals surface area (Å²) in [5.74, 6) is 0.113. The van der Waals surface area contributed by atoms with Gasteiger partial charge in [-0.25, -0.2) is 0 Å². The van der Waals surface area contributed by atoms with E-state index in [1.54, 1.807) is 24.5 Å². The number of nitrogens with zero attached hydrogens (tertiary/aromatic N) is 3. The first-order valence-corrected chi connectivity index (χ1v) is 9.97. The maximum absolute atomic E-state index is 12.8. The lowest BCUT2D eigenvalue weighted by molar-refractivity contribution is -0.137. The fourth-order valence-corrected chi connectivity index (χ4v) is 3.70. The van der Waals surface area contributed by atoms with Crippen LogP contribution in [-0.2, 0) is 12.6 Å². The van der Waals surface area contributed by atoms with E-state index in [0.717, 1.165) is 36.4 Å². The Bertz CT molecular complexity index is 1040. The summed E-state index contributed by atoms with van der Waals surface area (Å²) in [6, 6.07) is 9.97. The third-order valence-electron chi connectivity index (χ3n) is 5.23. The van der Waals surface area contributed by atoms with Crippen molar-refractivity contribution in [2.75, 3.05) is 13.2 Å². The van der Waals surface area contributed by atoms with E-state index in [-0.39, 0.29) is 24.3 Å². The van der Waals surface area contributed by atoms with Crippen LogP contribution in [0.15, 0.2) is 54.9 Å². The number of carbonyl (C=O) groups is 1. The summed E-state index contributed by atoms with van der Waals surface area (Å²) in [6.45, 7) is 0.861. The molecule has 4 rings (SSSR count). The van der Waals surface area contributed by atoms with Crippen LogP contribution in [0.1, 0.15) is 46.2 Å². The highest BCUT2D eigenvalue weighted by Gasteiger charge is 2.32. The van der Waals surface area contributed by atoms with E-state index >= 15 is 0 Å². The quantitative estimate of drug-likeness (QED) is 0.628. The number of rotatable bonds is 6. The van der Waals surface area contributed by atoms with Crippen molar-refractivity contribution in [2.24, 2.45) is 0 Å². The Morgan fingerprint density at radius 1 is 1.19 bits per heavy atom. The number of alkyl halides is 3. The molecular formula is C22H21F3N4O2. The Hall–Kier alpha value is -3.36. The van der Waals surface area contributed by atoms with Crippen LogP contribution in [0.2, 0.25) is 0 Å². The van der Waals surface area contributed by atoms with Crippen molar-refractivity contribution in [3.8, 4) is 5.75 Å². The van der Waals surface area contributed by atoms with Crippen molar-refractivity contribution in [1.29, 1.82) is 0 Å². The van der Waals surface area contributed by atoms with E-state index in [4.69, 9.17) is 4.74 Å². The molecule has 6 nitrogen and oxygen atoms in total. The Morgan fingerprint density at radius 2 is 2.00 bits per heavy atom. The van der Waals surface area contributed by atoms with E-state index in [1.165, 1.54) is 12.1 Å². The van der Waals surface area contributed by atoms with Crippen molar-refractivity contribution in [1.82, 2.24) is 20.1 Å². The highest BCUT2D eigenvalue weighted by molar-refractivity contribution is 5.94. The average Bonchev–Trinajstić information content (AvgIpc) is 3.43. The zero-order valence-corrected chi connectivity index (χ0v) is 16.6. The number of amides is 1. The minimum absolute atomic E-state index is 0.0534. The predicted molar refractivity (Wildman–Crippen MR) is 106 cm³/mol. The summed E-state index contributed by atoms with van der Waals surface area (Å²) in [5, 5.41) is 7.31. The number of carbonyl (C=O) groups excluding carboxylic acids is 1. The van der Waals surface area contributed by atoms with Gasteiger partial charge in [-0.2, -0.15) is 18.3 Å². The number of hydrogen-bond acceptors (Lipinski definition) is 4. The number of ether oxygens (including phenoxy) is 1. The van der Waals surface area contributed by atoms with E-state index in [9.17, 15) is 18.0 Å². The lowest BCUT2D eigenvalue weighted by atomic mass is 10.1. The first-order chi connectivity index (χ1) is 14.9. The summed E-state index contributed by atoms with van der Waals surface area (Å²) in [4.78, 5) is 18.6. The van der Waals surface area contributed by atoms with Gasteiger partial charge in [-0.15, -0.1) is 0 Å². The molecule has 0 spiro atoms. The minimum Gasteiger partial charge on any atom is -0.493 e. The standard InChI is InChI=1S/C22H21F3N4O2/c23-22(24,25)16-3-1-4-18(13-16)31-12-8-17-14-19(28-27-17)20-5-2-11-29(20)21(30)15-6-9-26-10-7-15/h1,3-4,6-7,9-10,13-14,20H,2,5,8,11-12H2,(H,27,28). The molecule has 1 saturated heterocycles. The van der Waals surface area contributed by atoms with Gasteiger partial charge in [-0.05, 0) is 49.2 Å². The molecule has 0 saturated carbocycles. The predicted octanol–water partition coefficient (Wildman–Crippen LogP) is 4.42. The number of aromatic amines is 1. The topological polar surface area (TPSA) is 71.1 Å². The SMILES string of the molecule is O=C(c1ccncc1)N1CCCC1c1cc(CCOc2cccc(C(F)(F)F)c2)[nH]n1. The summed E-state index contributed by atoms with van der Waals surface area (Å²) in [6.07, 6.45) is 0.946. The molecule has 1 unspecified atom stereocenters. The maximum Gasteiger partial charge on any atom is 0.416 e. The molecular weight excluding hydrogens is 409 g/mol. The molecule has 3 heterocycles. The number of H-pyrrole nitrogens is 1. The van der Waals surface area contributed by atoms with Crippen LogP contribution < -0.4 is 4.74 Å². The van der Waals surface area contributed by atoms with Gasteiger partial charge in [0.1, 0.15) is 5.75 Å². The van der Waals surface area contributed by atoms with Crippen molar-refractivity contribution in [3.63, 3.8) is 0 Å². The number of benzene rings is 1. The van der Waals surface area contributed by atoms with Gasteiger partial charge >= 0.3 is 6.18 Å². The number of hydrogen-bond donors (Lipinski definition) is 1. The molecule has 1 aromatic carbocycles. The van der Waals surface area contributed by atoms with E-state index in [2.05, 4.69) is 15.2 Å². The van der Waals surface area contributed by atoms with Crippen LogP contribution in [0.5, 0.6) is 5.75 Å². The van der Waals surface area contributed by atoms with Crippen molar-refractivity contribution >= 4 is 5.91 Å². The highest BCUT2D eigenvalue weighted by atomic mass is 19.4. The second kappa shape index (κ2) is 8.79. The van der Waals surface area contributed by atoms with Crippen molar-refractivity contribution in [3.05, 3.63) is 77.4 Å². The number of likely N-dealkylation sites (tertiary alicyclic amines) is 1. The van der Waals surface area contributed by atoms with Crippen molar-refractivity contribution < 1.29 is 22.7 Å². The van der Waals surface area contributed by atoms with Gasteiger partial charge in [0.25, 0.3) is 5.91 Å². The molecule has 1 aliphatic heterocycles. The third kappa shape index (κ3) is 4.87. The zero-order valence-electron chi connectivity index (χ0n) is 16.6. The number of halogens is 3. The molecule has 0 bridgehead atoms. The average molecular weight is 430 g/mol. The van der Waals surface area contributed by atoms with E-state index in [0.29, 0.717) is 18.5 Å². The lowest BCUT2D eigenvalue weighted by Gasteiger charge is -2.23. The van der Waals surface area contributed by atoms with Crippen LogP contribution in [-0.4, -0.2) is 39.1 Å². The van der Waals surface area contributed by atoms with Crippen LogP contribution >= 0.6 is 0 Å². The number of nitrogens with one attached hydrogen (secondary N) is 1. The van der Waals surface area contributed by atoms with Gasteiger partial charge in [0.15, 0.2) is 0 Å². The summed E-state index contributed by atoms with van der Waals surface area (Å²) in [7, 11) is 0. The first-order valence-electron chi connectivity index (χ1n) is 9.97. The Morgan fingerprint density at radius 3 is 2.77 bits per heavy atom. The van der Waals surface area contributed by atoms with Crippen LogP contribution in [0.3, 0.4) is 0 Å². The molecule has 1 atom stereocenters. The number of pyridine rings is 1. The van der Waals surface area contributed by atoms with Gasteiger partial charge in [0.2, 0.25) is 0 Å². The van der Waals surface area contributed by atoms with Gasteiger partial charge in [-0.1, -0.05) is 6.07 Å². The Balaban J connectivity index is 1.37. The second-order valence-electron chi connectivity index (χ2n) is 7.33. The Kier molecular flexibility index (Phi) is 5.92. The fourth-order valence-electron chi connectivity index (χ4n) is 3.70. The van der Waals surface area contributed by atoms with Gasteiger partial charge < -0.3 is 9.64 Å². The largest absolute Gasteiger partial charge is 0.493 e. The molecule has 1 aliphatic rings. The van der Waals surface area contributed by atoms with Crippen LogP contribution in [0.25, 0.3) is 0 Å². The smallest absolute Gasteiger partial charge is 0.416 e.